The van der Waals surface area contributed by atoms with Crippen LogP contribution in [-0.2, 0) is 10.1 Å². The molecule has 1 aliphatic rings. The first-order valence-electron chi connectivity index (χ1n) is 5.22. The van der Waals surface area contributed by atoms with E-state index >= 15 is 0 Å². The van der Waals surface area contributed by atoms with E-state index in [1.165, 1.54) is 17.0 Å². The third-order valence-corrected chi connectivity index (χ3v) is 4.06. The maximum absolute atomic E-state index is 12.0. The Hall–Kier alpha value is -1.92. The Kier molecular flexibility index (Phi) is 2.05. The molecule has 5 nitrogen and oxygen atoms in total. The highest BCUT2D eigenvalue weighted by Crippen LogP contribution is 2.39. The molecule has 1 N–H and O–H groups in total. The van der Waals surface area contributed by atoms with Gasteiger partial charge in [0.15, 0.2) is 0 Å². The molecule has 92 valence electrons. The fourth-order valence-electron chi connectivity index (χ4n) is 2.33. The van der Waals surface area contributed by atoms with Gasteiger partial charge < -0.3 is 4.90 Å². The normalized spacial score (nSPS) is 14.6. The summed E-state index contributed by atoms with van der Waals surface area (Å²) in [5.74, 6) is -0.178. The highest BCUT2D eigenvalue weighted by atomic mass is 32.2. The van der Waals surface area contributed by atoms with E-state index in [2.05, 4.69) is 0 Å². The second-order valence-corrected chi connectivity index (χ2v) is 5.54. The van der Waals surface area contributed by atoms with Gasteiger partial charge in [-0.1, -0.05) is 12.1 Å². The lowest BCUT2D eigenvalue weighted by Gasteiger charge is -2.10. The molecule has 0 bridgehead atoms. The van der Waals surface area contributed by atoms with Crippen LogP contribution in [0.25, 0.3) is 10.8 Å². The van der Waals surface area contributed by atoms with E-state index in [9.17, 15) is 17.8 Å². The van der Waals surface area contributed by atoms with Crippen LogP contribution in [0.15, 0.2) is 35.2 Å². The Labute approximate surface area is 103 Å². The van der Waals surface area contributed by atoms with E-state index < -0.39 is 10.1 Å². The van der Waals surface area contributed by atoms with Gasteiger partial charge >= 0.3 is 0 Å². The van der Waals surface area contributed by atoms with Crippen LogP contribution in [0.4, 0.5) is 5.69 Å². The van der Waals surface area contributed by atoms with Crippen molar-refractivity contribution >= 4 is 32.5 Å². The van der Waals surface area contributed by atoms with Crippen molar-refractivity contribution in [3.63, 3.8) is 0 Å². The van der Waals surface area contributed by atoms with E-state index in [1.54, 1.807) is 25.2 Å². The lowest BCUT2D eigenvalue weighted by molar-refractivity contribution is 0.0999. The smallest absolute Gasteiger partial charge is 0.295 e. The maximum Gasteiger partial charge on any atom is 0.295 e. The van der Waals surface area contributed by atoms with Gasteiger partial charge in [0.2, 0.25) is 0 Å². The van der Waals surface area contributed by atoms with E-state index in [0.29, 0.717) is 22.0 Å². The molecule has 0 aromatic heterocycles. The number of rotatable bonds is 1. The zero-order chi connectivity index (χ0) is 13.1. The van der Waals surface area contributed by atoms with Crippen LogP contribution in [0.1, 0.15) is 10.4 Å². The van der Waals surface area contributed by atoms with Crippen molar-refractivity contribution in [3.8, 4) is 0 Å². The monoisotopic (exact) mass is 263 g/mol. The third-order valence-electron chi connectivity index (χ3n) is 3.15. The Morgan fingerprint density at radius 2 is 1.89 bits per heavy atom. The Morgan fingerprint density at radius 1 is 1.17 bits per heavy atom. The Morgan fingerprint density at radius 3 is 2.56 bits per heavy atom. The molecule has 0 spiro atoms. The van der Waals surface area contributed by atoms with Gasteiger partial charge in [-0.15, -0.1) is 0 Å². The number of nitrogens with zero attached hydrogens (tertiary/aromatic N) is 1. The Bertz CT molecular complexity index is 795. The Balaban J connectivity index is 2.54. The molecular formula is C12H9NO4S. The molecule has 6 heteroatoms. The number of amides is 1. The lowest BCUT2D eigenvalue weighted by atomic mass is 10.1. The van der Waals surface area contributed by atoms with Gasteiger partial charge in [0.1, 0.15) is 4.90 Å². The number of carbonyl (C=O) groups is 1. The zero-order valence-corrected chi connectivity index (χ0v) is 10.2. The highest BCUT2D eigenvalue weighted by molar-refractivity contribution is 7.86. The van der Waals surface area contributed by atoms with Crippen molar-refractivity contribution in [2.24, 2.45) is 0 Å². The lowest BCUT2D eigenvalue weighted by Crippen LogP contribution is -2.20. The summed E-state index contributed by atoms with van der Waals surface area (Å²) in [7, 11) is -2.67. The van der Waals surface area contributed by atoms with Crippen LogP contribution in [0.3, 0.4) is 0 Å². The summed E-state index contributed by atoms with van der Waals surface area (Å²) in [6, 6.07) is 7.67. The van der Waals surface area contributed by atoms with Gasteiger partial charge in [0.25, 0.3) is 16.0 Å². The average Bonchev–Trinajstić information content (AvgIpc) is 2.56. The van der Waals surface area contributed by atoms with E-state index in [0.717, 1.165) is 0 Å². The summed E-state index contributed by atoms with van der Waals surface area (Å²) in [6.07, 6.45) is 0. The summed E-state index contributed by atoms with van der Waals surface area (Å²) < 4.78 is 31.8. The first-order valence-corrected chi connectivity index (χ1v) is 6.66. The van der Waals surface area contributed by atoms with E-state index in [1.807, 2.05) is 0 Å². The number of carbonyl (C=O) groups excluding carboxylic acids is 1. The van der Waals surface area contributed by atoms with Crippen LogP contribution >= 0.6 is 0 Å². The third kappa shape index (κ3) is 1.30. The molecule has 1 aliphatic heterocycles. The van der Waals surface area contributed by atoms with Gasteiger partial charge in [-0.05, 0) is 18.2 Å². The molecular weight excluding hydrogens is 254 g/mol. The van der Waals surface area contributed by atoms with Crippen LogP contribution < -0.4 is 4.90 Å². The fraction of sp³-hybridized carbons (Fsp3) is 0.0833. The minimum atomic E-state index is -4.30. The molecule has 0 fully saturated rings. The van der Waals surface area contributed by atoms with Gasteiger partial charge in [-0.2, -0.15) is 8.42 Å². The van der Waals surface area contributed by atoms with Crippen molar-refractivity contribution in [2.75, 3.05) is 11.9 Å². The quantitative estimate of drug-likeness (QED) is 0.794. The van der Waals surface area contributed by atoms with Crippen LogP contribution in [-0.4, -0.2) is 25.9 Å². The van der Waals surface area contributed by atoms with Crippen molar-refractivity contribution in [3.05, 3.63) is 35.9 Å². The molecule has 0 atom stereocenters. The van der Waals surface area contributed by atoms with Gasteiger partial charge in [0.05, 0.1) is 5.69 Å². The van der Waals surface area contributed by atoms with Gasteiger partial charge in [0, 0.05) is 23.4 Å². The summed E-state index contributed by atoms with van der Waals surface area (Å²) in [4.78, 5) is 13.2. The topological polar surface area (TPSA) is 74.7 Å². The summed E-state index contributed by atoms with van der Waals surface area (Å²) in [5, 5.41) is 0.935. The standard InChI is InChI=1S/C12H9NO4S/c1-13-9-5-6-10(18(15,16)17)7-3-2-4-8(11(7)9)12(13)14/h2-6H,1H3,(H,15,16,17). The molecule has 1 heterocycles. The highest BCUT2D eigenvalue weighted by Gasteiger charge is 2.29. The second kappa shape index (κ2) is 3.30. The number of anilines is 1. The molecule has 2 aromatic rings. The minimum Gasteiger partial charge on any atom is -0.311 e. The van der Waals surface area contributed by atoms with E-state index in [-0.39, 0.29) is 10.8 Å². The number of benzene rings is 2. The van der Waals surface area contributed by atoms with E-state index in [4.69, 9.17) is 0 Å². The van der Waals surface area contributed by atoms with Gasteiger partial charge in [-0.25, -0.2) is 0 Å². The largest absolute Gasteiger partial charge is 0.311 e. The number of hydrogen-bond donors (Lipinski definition) is 1. The second-order valence-electron chi connectivity index (χ2n) is 4.15. The molecule has 18 heavy (non-hydrogen) atoms. The van der Waals surface area contributed by atoms with Crippen LogP contribution in [0.2, 0.25) is 0 Å². The molecule has 0 radical (unpaired) electrons. The van der Waals surface area contributed by atoms with Crippen molar-refractivity contribution in [2.45, 2.75) is 4.90 Å². The number of hydrogen-bond acceptors (Lipinski definition) is 3. The maximum atomic E-state index is 12.0. The molecule has 0 aliphatic carbocycles. The SMILES string of the molecule is CN1C(=O)c2cccc3c(S(=O)(=O)O)ccc1c23. The molecule has 0 saturated heterocycles. The minimum absolute atomic E-state index is 0.175. The van der Waals surface area contributed by atoms with Crippen LogP contribution in [0, 0.1) is 0 Å². The van der Waals surface area contributed by atoms with Gasteiger partial charge in [-0.3, -0.25) is 9.35 Å². The summed E-state index contributed by atoms with van der Waals surface area (Å²) in [5.41, 5.74) is 1.11. The zero-order valence-electron chi connectivity index (χ0n) is 9.41. The molecule has 2 aromatic carbocycles. The first-order chi connectivity index (χ1) is 8.41. The summed E-state index contributed by atoms with van der Waals surface area (Å²) >= 11 is 0. The average molecular weight is 263 g/mol. The predicted octanol–water partition coefficient (Wildman–Crippen LogP) is 1.68. The predicted molar refractivity (Wildman–Crippen MR) is 66.5 cm³/mol. The van der Waals surface area contributed by atoms with Crippen molar-refractivity contribution in [1.82, 2.24) is 0 Å². The van der Waals surface area contributed by atoms with Crippen LogP contribution in [0.5, 0.6) is 0 Å². The molecule has 0 unspecified atom stereocenters. The first kappa shape index (κ1) is 11.2. The van der Waals surface area contributed by atoms with Crippen molar-refractivity contribution < 1.29 is 17.8 Å². The molecule has 3 rings (SSSR count). The molecule has 1 amide bonds. The summed E-state index contributed by atoms with van der Waals surface area (Å²) in [6.45, 7) is 0. The van der Waals surface area contributed by atoms with Crippen molar-refractivity contribution in [1.29, 1.82) is 0 Å². The fourth-order valence-corrected chi connectivity index (χ4v) is 3.02. The molecule has 0 saturated carbocycles.